The van der Waals surface area contributed by atoms with E-state index in [0.717, 1.165) is 0 Å². The van der Waals surface area contributed by atoms with Gasteiger partial charge in [-0.2, -0.15) is 0 Å². The molecule has 1 unspecified atom stereocenters. The molecule has 0 heterocycles. The van der Waals surface area contributed by atoms with Crippen molar-refractivity contribution < 1.29 is 46.0 Å². The first-order chi connectivity index (χ1) is 4.04. The predicted octanol–water partition coefficient (Wildman–Crippen LogP) is -3.44. The quantitative estimate of drug-likeness (QED) is 0.469. The minimum atomic E-state index is -1.96. The molecule has 0 fully saturated rings. The van der Waals surface area contributed by atoms with Crippen molar-refractivity contribution in [2.24, 2.45) is 0 Å². The number of carbonyl (C=O) groups excluding carboxylic acids is 2. The molecule has 0 bridgehead atoms. The fourth-order valence-corrected chi connectivity index (χ4v) is 0.241. The number of hydrogen-bond donors (Lipinski definition) is 3. The second-order valence-electron chi connectivity index (χ2n) is 1.41. The Morgan fingerprint density at radius 3 is 1.67 bits per heavy atom. The summed E-state index contributed by atoms with van der Waals surface area (Å²) in [6.07, 6.45) is -2.89. The third kappa shape index (κ3) is 12.2. The minimum absolute atomic E-state index is 0. The maximum atomic E-state index is 9.58. The monoisotopic (exact) mass is 361 g/mol. The molecule has 0 rings (SSSR count). The van der Waals surface area contributed by atoms with Gasteiger partial charge in [0.2, 0.25) is 0 Å². The van der Waals surface area contributed by atoms with Crippen molar-refractivity contribution in [3.05, 3.63) is 0 Å². The van der Waals surface area contributed by atoms with E-state index in [0.29, 0.717) is 0 Å². The van der Waals surface area contributed by atoms with Crippen LogP contribution in [-0.2, 0) is 30.7 Å². The fraction of sp³-hybridized carbons (Fsp3) is 0.500. The SMILES string of the molecule is N.N.O=C([O-])CC(O)C(=O)[O-].[Pt+2]. The van der Waals surface area contributed by atoms with E-state index >= 15 is 0 Å². The van der Waals surface area contributed by atoms with Crippen molar-refractivity contribution in [1.29, 1.82) is 0 Å². The summed E-state index contributed by atoms with van der Waals surface area (Å²) in [5.74, 6) is -3.43. The standard InChI is InChI=1S/C4H6O5.2H3N.Pt/c5-2(4(8)9)1-3(6)7;;;/h2,5H,1H2,(H,6,7)(H,8,9);2*1H3;/q;;;+2/p-2. The molecule has 8 heteroatoms. The van der Waals surface area contributed by atoms with Gasteiger partial charge in [-0.25, -0.2) is 0 Å². The van der Waals surface area contributed by atoms with Gasteiger partial charge < -0.3 is 37.2 Å². The van der Waals surface area contributed by atoms with Gasteiger partial charge in [-0.1, -0.05) is 0 Å². The Kier molecular flexibility index (Phi) is 19.7. The van der Waals surface area contributed by atoms with Crippen LogP contribution in [0.25, 0.3) is 0 Å². The Hall–Kier alpha value is -0.492. The zero-order chi connectivity index (χ0) is 7.44. The average molecular weight is 361 g/mol. The molecule has 0 radical (unpaired) electrons. The maximum Gasteiger partial charge on any atom is 2.00 e. The molecule has 0 amide bonds. The first-order valence-corrected chi connectivity index (χ1v) is 2.13. The van der Waals surface area contributed by atoms with Gasteiger partial charge in [0.15, 0.2) is 0 Å². The number of carboxylic acid groups (broad SMARTS) is 2. The summed E-state index contributed by atoms with van der Waals surface area (Å²) in [5, 5.41) is 27.3. The van der Waals surface area contributed by atoms with Crippen LogP contribution >= 0.6 is 0 Å². The zero-order valence-electron chi connectivity index (χ0n) is 6.10. The molecule has 0 saturated heterocycles. The number of aliphatic hydroxyl groups excluding tert-OH is 1. The van der Waals surface area contributed by atoms with Gasteiger partial charge >= 0.3 is 21.1 Å². The molecule has 76 valence electrons. The van der Waals surface area contributed by atoms with Gasteiger partial charge in [-0.05, 0) is 0 Å². The summed E-state index contributed by atoms with van der Waals surface area (Å²) < 4.78 is 0. The summed E-state index contributed by atoms with van der Waals surface area (Å²) in [6, 6.07) is 0. The molecule has 0 aliphatic rings. The number of rotatable bonds is 3. The summed E-state index contributed by atoms with van der Waals surface area (Å²) in [7, 11) is 0. The molecule has 0 aromatic rings. The molecule has 0 saturated carbocycles. The van der Waals surface area contributed by atoms with E-state index in [1.807, 2.05) is 0 Å². The number of aliphatic carboxylic acids is 2. The van der Waals surface area contributed by atoms with E-state index < -0.39 is 24.5 Å². The van der Waals surface area contributed by atoms with Gasteiger partial charge in [0, 0.05) is 12.4 Å². The summed E-state index contributed by atoms with van der Waals surface area (Å²) >= 11 is 0. The van der Waals surface area contributed by atoms with Crippen molar-refractivity contribution in [3.8, 4) is 0 Å². The number of aliphatic hydroxyl groups is 1. The van der Waals surface area contributed by atoms with Crippen molar-refractivity contribution >= 4 is 11.9 Å². The van der Waals surface area contributed by atoms with E-state index in [4.69, 9.17) is 5.11 Å². The van der Waals surface area contributed by atoms with E-state index in [2.05, 4.69) is 0 Å². The van der Waals surface area contributed by atoms with Crippen LogP contribution in [0.3, 0.4) is 0 Å². The van der Waals surface area contributed by atoms with Crippen LogP contribution in [0.2, 0.25) is 0 Å². The molecule has 0 spiro atoms. The van der Waals surface area contributed by atoms with Crippen LogP contribution in [0.4, 0.5) is 0 Å². The van der Waals surface area contributed by atoms with Crippen LogP contribution in [0.1, 0.15) is 6.42 Å². The van der Waals surface area contributed by atoms with Crippen LogP contribution in [0.15, 0.2) is 0 Å². The molecule has 7 N–H and O–H groups in total. The van der Waals surface area contributed by atoms with Crippen LogP contribution in [0, 0.1) is 0 Å². The molecule has 12 heavy (non-hydrogen) atoms. The maximum absolute atomic E-state index is 9.58. The Bertz CT molecular complexity index is 141. The van der Waals surface area contributed by atoms with Crippen molar-refractivity contribution in [3.63, 3.8) is 0 Å². The molecule has 0 aliphatic carbocycles. The number of carbonyl (C=O) groups is 2. The fourth-order valence-electron chi connectivity index (χ4n) is 0.241. The van der Waals surface area contributed by atoms with Crippen LogP contribution < -0.4 is 22.5 Å². The van der Waals surface area contributed by atoms with E-state index in [1.54, 1.807) is 0 Å². The molecule has 1 atom stereocenters. The number of carboxylic acids is 2. The Balaban J connectivity index is -0.000000107. The molecule has 0 aliphatic heterocycles. The van der Waals surface area contributed by atoms with E-state index in [9.17, 15) is 19.8 Å². The summed E-state index contributed by atoms with van der Waals surface area (Å²) in [6.45, 7) is 0. The third-order valence-electron chi connectivity index (χ3n) is 0.632. The Morgan fingerprint density at radius 2 is 1.58 bits per heavy atom. The van der Waals surface area contributed by atoms with Gasteiger partial charge in [-0.15, -0.1) is 0 Å². The normalized spacial score (nSPS) is 9.42. The van der Waals surface area contributed by atoms with E-state index in [-0.39, 0.29) is 33.4 Å². The van der Waals surface area contributed by atoms with Crippen LogP contribution in [-0.4, -0.2) is 23.1 Å². The largest absolute Gasteiger partial charge is 2.00 e. The minimum Gasteiger partial charge on any atom is -0.550 e. The molecule has 0 aromatic carbocycles. The smallest absolute Gasteiger partial charge is 0.550 e. The molecular formula is C4H10N2O5Pt. The van der Waals surface area contributed by atoms with Crippen LogP contribution in [0.5, 0.6) is 0 Å². The first kappa shape index (κ1) is 22.5. The summed E-state index contributed by atoms with van der Waals surface area (Å²) in [5.41, 5.74) is 0. The van der Waals surface area contributed by atoms with Crippen molar-refractivity contribution in [1.82, 2.24) is 12.3 Å². The summed E-state index contributed by atoms with van der Waals surface area (Å²) in [4.78, 5) is 19.1. The second kappa shape index (κ2) is 10.5. The molecular weight excluding hydrogens is 351 g/mol. The van der Waals surface area contributed by atoms with Crippen molar-refractivity contribution in [2.75, 3.05) is 0 Å². The third-order valence-corrected chi connectivity index (χ3v) is 0.632. The van der Waals surface area contributed by atoms with E-state index in [1.165, 1.54) is 0 Å². The van der Waals surface area contributed by atoms with Gasteiger partial charge in [0.1, 0.15) is 0 Å². The number of hydrogen-bond acceptors (Lipinski definition) is 7. The molecule has 7 nitrogen and oxygen atoms in total. The Labute approximate surface area is 83.2 Å². The average Bonchev–Trinajstić information content (AvgIpc) is 1.63. The molecule has 0 aromatic heterocycles. The van der Waals surface area contributed by atoms with Crippen molar-refractivity contribution in [2.45, 2.75) is 12.5 Å². The van der Waals surface area contributed by atoms with Gasteiger partial charge in [0.25, 0.3) is 0 Å². The predicted molar refractivity (Wildman–Crippen MR) is 30.7 cm³/mol. The second-order valence-corrected chi connectivity index (χ2v) is 1.41. The topological polar surface area (TPSA) is 170 Å². The zero-order valence-corrected chi connectivity index (χ0v) is 8.37. The first-order valence-electron chi connectivity index (χ1n) is 2.13. The van der Waals surface area contributed by atoms with Gasteiger partial charge in [-0.3, -0.25) is 0 Å². The van der Waals surface area contributed by atoms with Gasteiger partial charge in [0.05, 0.1) is 12.1 Å². The Morgan fingerprint density at radius 1 is 1.25 bits per heavy atom.